The summed E-state index contributed by atoms with van der Waals surface area (Å²) in [5, 5.41) is 0. The molecule has 0 radical (unpaired) electrons. The molecule has 1 aromatic carbocycles. The summed E-state index contributed by atoms with van der Waals surface area (Å²) in [4.78, 5) is 0. The number of hydrogen-bond donors (Lipinski definition) is 2. The Kier molecular flexibility index (Phi) is 4.39. The van der Waals surface area contributed by atoms with Gasteiger partial charge in [0.05, 0.1) is 18.8 Å². The van der Waals surface area contributed by atoms with Gasteiger partial charge in [0.2, 0.25) is 0 Å². The van der Waals surface area contributed by atoms with Gasteiger partial charge < -0.3 is 9.47 Å². The topological polar surface area (TPSA) is 56.5 Å². The minimum Gasteiger partial charge on any atom is -0.497 e. The largest absolute Gasteiger partial charge is 0.497 e. The Balaban J connectivity index is 2.36. The van der Waals surface area contributed by atoms with E-state index < -0.39 is 5.60 Å². The number of nitrogens with one attached hydrogen (secondary N) is 1. The first-order chi connectivity index (χ1) is 9.16. The third-order valence-electron chi connectivity index (χ3n) is 4.07. The summed E-state index contributed by atoms with van der Waals surface area (Å²) in [6.07, 6.45) is 3.90. The lowest BCUT2D eigenvalue weighted by Crippen LogP contribution is -2.46. The molecule has 1 aliphatic rings. The fourth-order valence-electron chi connectivity index (χ4n) is 2.98. The Morgan fingerprint density at radius 1 is 1.32 bits per heavy atom. The van der Waals surface area contributed by atoms with Crippen molar-refractivity contribution < 1.29 is 13.9 Å². The molecule has 1 fully saturated rings. The van der Waals surface area contributed by atoms with E-state index in [-0.39, 0.29) is 11.9 Å². The molecule has 4 nitrogen and oxygen atoms in total. The highest BCUT2D eigenvalue weighted by Gasteiger charge is 2.43. The second-order valence-electron chi connectivity index (χ2n) is 4.96. The second kappa shape index (κ2) is 5.86. The van der Waals surface area contributed by atoms with E-state index in [0.29, 0.717) is 11.3 Å². The fraction of sp³-hybridized carbons (Fsp3) is 0.571. The normalized spacial score (nSPS) is 19.4. The van der Waals surface area contributed by atoms with Crippen molar-refractivity contribution in [3.8, 4) is 5.75 Å². The first kappa shape index (κ1) is 14.2. The van der Waals surface area contributed by atoms with E-state index in [9.17, 15) is 4.39 Å². The van der Waals surface area contributed by atoms with E-state index in [0.717, 1.165) is 25.7 Å². The lowest BCUT2D eigenvalue weighted by molar-refractivity contribution is -0.0377. The van der Waals surface area contributed by atoms with Crippen LogP contribution in [0.1, 0.15) is 37.3 Å². The fourth-order valence-corrected chi connectivity index (χ4v) is 2.98. The van der Waals surface area contributed by atoms with E-state index in [4.69, 9.17) is 15.3 Å². The standard InChI is InChI=1S/C14H21FN2O2/c1-18-10-5-6-11(12(15)9-10)13(17-16)14(19-2)7-3-4-8-14/h5-6,9,13,17H,3-4,7-8,16H2,1-2H3. The summed E-state index contributed by atoms with van der Waals surface area (Å²) in [6, 6.07) is 4.46. The van der Waals surface area contributed by atoms with Crippen molar-refractivity contribution >= 4 is 0 Å². The van der Waals surface area contributed by atoms with Gasteiger partial charge in [-0.2, -0.15) is 0 Å². The molecular weight excluding hydrogens is 247 g/mol. The maximum atomic E-state index is 14.2. The van der Waals surface area contributed by atoms with Crippen LogP contribution in [0.5, 0.6) is 5.75 Å². The third kappa shape index (κ3) is 2.59. The molecule has 5 heteroatoms. The highest BCUT2D eigenvalue weighted by molar-refractivity contribution is 5.32. The Labute approximate surface area is 113 Å². The molecule has 2 rings (SSSR count). The molecule has 0 aliphatic heterocycles. The van der Waals surface area contributed by atoms with Crippen LogP contribution in [-0.4, -0.2) is 19.8 Å². The van der Waals surface area contributed by atoms with E-state index in [1.807, 2.05) is 0 Å². The van der Waals surface area contributed by atoms with Crippen LogP contribution in [0.4, 0.5) is 4.39 Å². The molecule has 0 saturated heterocycles. The summed E-state index contributed by atoms with van der Waals surface area (Å²) in [5.74, 6) is 5.82. The van der Waals surface area contributed by atoms with Crippen LogP contribution < -0.4 is 16.0 Å². The molecule has 0 spiro atoms. The first-order valence-corrected chi connectivity index (χ1v) is 6.51. The molecule has 1 atom stereocenters. The molecule has 1 aromatic rings. The van der Waals surface area contributed by atoms with Crippen LogP contribution in [0.25, 0.3) is 0 Å². The van der Waals surface area contributed by atoms with E-state index >= 15 is 0 Å². The molecule has 3 N–H and O–H groups in total. The molecule has 0 heterocycles. The average molecular weight is 268 g/mol. The van der Waals surface area contributed by atoms with Crippen LogP contribution in [0, 0.1) is 5.82 Å². The lowest BCUT2D eigenvalue weighted by atomic mass is 9.87. The number of hydrazine groups is 1. The zero-order valence-electron chi connectivity index (χ0n) is 11.4. The van der Waals surface area contributed by atoms with Gasteiger partial charge in [0, 0.05) is 18.7 Å². The number of hydrogen-bond acceptors (Lipinski definition) is 4. The smallest absolute Gasteiger partial charge is 0.131 e. The molecule has 1 aliphatic carbocycles. The minimum atomic E-state index is -0.426. The van der Waals surface area contributed by atoms with Crippen molar-refractivity contribution in [3.05, 3.63) is 29.6 Å². The Bertz CT molecular complexity index is 433. The monoisotopic (exact) mass is 268 g/mol. The summed E-state index contributed by atoms with van der Waals surface area (Å²) in [5.41, 5.74) is 2.82. The van der Waals surface area contributed by atoms with Crippen molar-refractivity contribution in [2.24, 2.45) is 5.84 Å². The predicted molar refractivity (Wildman–Crippen MR) is 71.2 cm³/mol. The second-order valence-corrected chi connectivity index (χ2v) is 4.96. The SMILES string of the molecule is COc1ccc(C(NN)C2(OC)CCCC2)c(F)c1. The van der Waals surface area contributed by atoms with Crippen LogP contribution in [-0.2, 0) is 4.74 Å². The van der Waals surface area contributed by atoms with Gasteiger partial charge in [0.15, 0.2) is 0 Å². The molecule has 0 amide bonds. The van der Waals surface area contributed by atoms with Gasteiger partial charge in [-0.25, -0.2) is 9.82 Å². The molecule has 1 unspecified atom stereocenters. The quantitative estimate of drug-likeness (QED) is 0.635. The van der Waals surface area contributed by atoms with Gasteiger partial charge in [-0.15, -0.1) is 0 Å². The van der Waals surface area contributed by atoms with Crippen molar-refractivity contribution in [2.75, 3.05) is 14.2 Å². The van der Waals surface area contributed by atoms with Crippen LogP contribution in [0.2, 0.25) is 0 Å². The molecule has 19 heavy (non-hydrogen) atoms. The molecular formula is C14H21FN2O2. The Morgan fingerprint density at radius 3 is 2.47 bits per heavy atom. The number of ether oxygens (including phenoxy) is 2. The van der Waals surface area contributed by atoms with Crippen molar-refractivity contribution in [1.82, 2.24) is 5.43 Å². The zero-order valence-corrected chi connectivity index (χ0v) is 11.4. The molecule has 1 saturated carbocycles. The van der Waals surface area contributed by atoms with Crippen molar-refractivity contribution in [2.45, 2.75) is 37.3 Å². The highest BCUT2D eigenvalue weighted by atomic mass is 19.1. The predicted octanol–water partition coefficient (Wildman–Crippen LogP) is 2.30. The van der Waals surface area contributed by atoms with Gasteiger partial charge in [0.1, 0.15) is 11.6 Å². The minimum absolute atomic E-state index is 0.328. The number of benzene rings is 1. The summed E-state index contributed by atoms with van der Waals surface area (Å²) < 4.78 is 24.9. The van der Waals surface area contributed by atoms with E-state index in [1.54, 1.807) is 19.2 Å². The molecule has 0 bridgehead atoms. The molecule has 106 valence electrons. The number of methoxy groups -OCH3 is 2. The van der Waals surface area contributed by atoms with Gasteiger partial charge in [-0.1, -0.05) is 18.9 Å². The van der Waals surface area contributed by atoms with Crippen LogP contribution in [0.15, 0.2) is 18.2 Å². The number of nitrogens with two attached hydrogens (primary N) is 1. The van der Waals surface area contributed by atoms with Crippen molar-refractivity contribution in [3.63, 3.8) is 0 Å². The summed E-state index contributed by atoms with van der Waals surface area (Å²) in [6.45, 7) is 0. The summed E-state index contributed by atoms with van der Waals surface area (Å²) in [7, 11) is 3.18. The average Bonchev–Trinajstić information content (AvgIpc) is 2.91. The van der Waals surface area contributed by atoms with Gasteiger partial charge in [0.25, 0.3) is 0 Å². The summed E-state index contributed by atoms with van der Waals surface area (Å²) >= 11 is 0. The van der Waals surface area contributed by atoms with E-state index in [2.05, 4.69) is 5.43 Å². The van der Waals surface area contributed by atoms with Gasteiger partial charge in [-0.3, -0.25) is 5.84 Å². The lowest BCUT2D eigenvalue weighted by Gasteiger charge is -2.36. The maximum absolute atomic E-state index is 14.2. The van der Waals surface area contributed by atoms with E-state index in [1.165, 1.54) is 13.2 Å². The zero-order chi connectivity index (χ0) is 13.9. The van der Waals surface area contributed by atoms with Crippen LogP contribution >= 0.6 is 0 Å². The van der Waals surface area contributed by atoms with Gasteiger partial charge >= 0.3 is 0 Å². The number of rotatable bonds is 5. The first-order valence-electron chi connectivity index (χ1n) is 6.51. The third-order valence-corrected chi connectivity index (χ3v) is 4.07. The van der Waals surface area contributed by atoms with Crippen molar-refractivity contribution in [1.29, 1.82) is 0 Å². The molecule has 0 aromatic heterocycles. The number of halogens is 1. The van der Waals surface area contributed by atoms with Crippen LogP contribution in [0.3, 0.4) is 0 Å². The Hall–Kier alpha value is -1.17. The maximum Gasteiger partial charge on any atom is 0.131 e. The van der Waals surface area contributed by atoms with Gasteiger partial charge in [-0.05, 0) is 18.9 Å². The highest BCUT2D eigenvalue weighted by Crippen LogP contribution is 2.43. The Morgan fingerprint density at radius 2 is 2.00 bits per heavy atom.